The number of imide groups is 1. The Morgan fingerprint density at radius 3 is 2.57 bits per heavy atom. The highest BCUT2D eigenvalue weighted by Gasteiger charge is 2.34. The van der Waals surface area contributed by atoms with Crippen LogP contribution >= 0.6 is 11.8 Å². The number of benzene rings is 1. The fourth-order valence-corrected chi connectivity index (χ4v) is 3.33. The quantitative estimate of drug-likeness (QED) is 0.620. The van der Waals surface area contributed by atoms with Crippen molar-refractivity contribution >= 4 is 40.0 Å². The summed E-state index contributed by atoms with van der Waals surface area (Å²) in [5.74, 6) is 1.91. The SMILES string of the molecule is C#CCN1C(=O)SC(=Cc2ccc3c(c2)n(C)c(=O)n3C)C1=O. The molecule has 2 aromatic rings. The van der Waals surface area contributed by atoms with Crippen LogP contribution in [0.2, 0.25) is 0 Å². The molecule has 0 radical (unpaired) electrons. The number of imidazole rings is 1. The third-order valence-corrected chi connectivity index (χ3v) is 4.62. The molecule has 0 spiro atoms. The van der Waals surface area contributed by atoms with Gasteiger partial charge in [-0.3, -0.25) is 23.6 Å². The van der Waals surface area contributed by atoms with Gasteiger partial charge in [0.15, 0.2) is 0 Å². The zero-order valence-corrected chi connectivity index (χ0v) is 13.4. The van der Waals surface area contributed by atoms with Crippen LogP contribution in [0.1, 0.15) is 5.56 Å². The second-order valence-electron chi connectivity index (χ2n) is 5.12. The van der Waals surface area contributed by atoms with E-state index in [2.05, 4.69) is 5.92 Å². The average Bonchev–Trinajstić information content (AvgIpc) is 2.91. The summed E-state index contributed by atoms with van der Waals surface area (Å²) in [7, 11) is 3.39. The van der Waals surface area contributed by atoms with Crippen molar-refractivity contribution in [3.05, 3.63) is 39.2 Å². The lowest BCUT2D eigenvalue weighted by atomic mass is 10.2. The summed E-state index contributed by atoms with van der Waals surface area (Å²) in [6, 6.07) is 5.43. The number of aryl methyl sites for hydroxylation is 2. The van der Waals surface area contributed by atoms with E-state index in [1.165, 1.54) is 4.57 Å². The third kappa shape index (κ3) is 2.37. The lowest BCUT2D eigenvalue weighted by Gasteiger charge is -2.06. The molecule has 2 heterocycles. The highest BCUT2D eigenvalue weighted by molar-refractivity contribution is 8.18. The number of hydrogen-bond donors (Lipinski definition) is 0. The maximum atomic E-state index is 12.2. The lowest BCUT2D eigenvalue weighted by molar-refractivity contribution is -0.122. The van der Waals surface area contributed by atoms with Gasteiger partial charge < -0.3 is 0 Å². The standard InChI is InChI=1S/C16H13N3O3S/c1-4-7-19-14(20)13(23-16(19)22)9-10-5-6-11-12(8-10)18(3)15(21)17(11)2/h1,5-6,8-9H,7H2,2-3H3. The zero-order valence-electron chi connectivity index (χ0n) is 12.6. The second-order valence-corrected chi connectivity index (χ2v) is 6.11. The van der Waals surface area contributed by atoms with Crippen LogP contribution in [0.4, 0.5) is 4.79 Å². The Morgan fingerprint density at radius 1 is 1.17 bits per heavy atom. The van der Waals surface area contributed by atoms with Crippen LogP contribution in [0.5, 0.6) is 0 Å². The van der Waals surface area contributed by atoms with E-state index < -0.39 is 0 Å². The van der Waals surface area contributed by atoms with Gasteiger partial charge in [0, 0.05) is 14.1 Å². The number of thioether (sulfide) groups is 1. The first-order valence-electron chi connectivity index (χ1n) is 6.78. The van der Waals surface area contributed by atoms with Crippen LogP contribution in [0.25, 0.3) is 17.1 Å². The highest BCUT2D eigenvalue weighted by atomic mass is 32.2. The van der Waals surface area contributed by atoms with E-state index in [1.54, 1.807) is 30.8 Å². The van der Waals surface area contributed by atoms with Crippen LogP contribution in [-0.2, 0) is 18.9 Å². The van der Waals surface area contributed by atoms with Crippen molar-refractivity contribution in [2.45, 2.75) is 0 Å². The van der Waals surface area contributed by atoms with E-state index in [0.29, 0.717) is 4.91 Å². The van der Waals surface area contributed by atoms with Crippen molar-refractivity contribution in [1.29, 1.82) is 0 Å². The molecule has 0 saturated carbocycles. The van der Waals surface area contributed by atoms with Gasteiger partial charge in [-0.25, -0.2) is 4.79 Å². The Bertz CT molecular complexity index is 975. The molecule has 7 heteroatoms. The summed E-state index contributed by atoms with van der Waals surface area (Å²) in [4.78, 5) is 37.2. The van der Waals surface area contributed by atoms with Crippen LogP contribution in [-0.4, -0.2) is 31.7 Å². The Hall–Kier alpha value is -2.72. The molecule has 0 bridgehead atoms. The van der Waals surface area contributed by atoms with Gasteiger partial charge in [0.05, 0.1) is 22.5 Å². The summed E-state index contributed by atoms with van der Waals surface area (Å²) in [6.07, 6.45) is 6.80. The Balaban J connectivity index is 2.04. The van der Waals surface area contributed by atoms with Gasteiger partial charge in [0.25, 0.3) is 11.1 Å². The minimum absolute atomic E-state index is 0.0335. The number of rotatable bonds is 2. The van der Waals surface area contributed by atoms with Gasteiger partial charge in [0.2, 0.25) is 0 Å². The number of carbonyl (C=O) groups is 2. The van der Waals surface area contributed by atoms with Gasteiger partial charge in [-0.1, -0.05) is 12.0 Å². The molecular formula is C16H13N3O3S. The maximum absolute atomic E-state index is 12.2. The first kappa shape index (κ1) is 15.2. The van der Waals surface area contributed by atoms with E-state index in [0.717, 1.165) is 33.3 Å². The van der Waals surface area contributed by atoms with Crippen LogP contribution in [0, 0.1) is 12.3 Å². The van der Waals surface area contributed by atoms with Crippen LogP contribution in [0.15, 0.2) is 27.9 Å². The molecule has 1 aliphatic rings. The molecule has 23 heavy (non-hydrogen) atoms. The summed E-state index contributed by atoms with van der Waals surface area (Å²) >= 11 is 0.864. The van der Waals surface area contributed by atoms with Gasteiger partial charge in [-0.2, -0.15) is 0 Å². The van der Waals surface area contributed by atoms with E-state index in [9.17, 15) is 14.4 Å². The topological polar surface area (TPSA) is 64.3 Å². The fraction of sp³-hybridized carbons (Fsp3) is 0.188. The first-order valence-corrected chi connectivity index (χ1v) is 7.60. The van der Waals surface area contributed by atoms with Gasteiger partial charge in [-0.15, -0.1) is 6.42 Å². The molecule has 1 aromatic heterocycles. The van der Waals surface area contributed by atoms with Crippen molar-refractivity contribution in [3.8, 4) is 12.3 Å². The summed E-state index contributed by atoms with van der Waals surface area (Å²) in [5, 5.41) is -0.368. The predicted octanol–water partition coefficient (Wildman–Crippen LogP) is 1.55. The molecule has 3 rings (SSSR count). The minimum atomic E-state index is -0.389. The molecular weight excluding hydrogens is 314 g/mol. The Kier molecular flexibility index (Phi) is 3.62. The monoisotopic (exact) mass is 327 g/mol. The molecule has 0 N–H and O–H groups in total. The van der Waals surface area contributed by atoms with E-state index in [1.807, 2.05) is 12.1 Å². The van der Waals surface area contributed by atoms with E-state index in [4.69, 9.17) is 6.42 Å². The molecule has 116 valence electrons. The Morgan fingerprint density at radius 2 is 1.87 bits per heavy atom. The molecule has 6 nitrogen and oxygen atoms in total. The number of hydrogen-bond acceptors (Lipinski definition) is 4. The van der Waals surface area contributed by atoms with Crippen LogP contribution in [0.3, 0.4) is 0 Å². The van der Waals surface area contributed by atoms with E-state index >= 15 is 0 Å². The van der Waals surface area contributed by atoms with Gasteiger partial charge in [-0.05, 0) is 35.5 Å². The van der Waals surface area contributed by atoms with E-state index in [-0.39, 0.29) is 23.4 Å². The summed E-state index contributed by atoms with van der Waals surface area (Å²) in [6.45, 7) is -0.0335. The molecule has 1 fully saturated rings. The predicted molar refractivity (Wildman–Crippen MR) is 89.7 cm³/mol. The first-order chi connectivity index (χ1) is 10.9. The van der Waals surface area contributed by atoms with Crippen molar-refractivity contribution in [1.82, 2.24) is 14.0 Å². The molecule has 1 aliphatic heterocycles. The normalized spacial score (nSPS) is 16.6. The number of nitrogens with zero attached hydrogens (tertiary/aromatic N) is 3. The smallest absolute Gasteiger partial charge is 0.295 e. The summed E-state index contributed by atoms with van der Waals surface area (Å²) < 4.78 is 3.09. The van der Waals surface area contributed by atoms with Gasteiger partial charge >= 0.3 is 5.69 Å². The number of terminal acetylenes is 1. The van der Waals surface area contributed by atoms with Crippen molar-refractivity contribution in [2.75, 3.05) is 6.54 Å². The maximum Gasteiger partial charge on any atom is 0.328 e. The number of fused-ring (bicyclic) bond motifs is 1. The minimum Gasteiger partial charge on any atom is -0.295 e. The summed E-state index contributed by atoms with van der Waals surface area (Å²) in [5.41, 5.74) is 2.18. The highest BCUT2D eigenvalue weighted by Crippen LogP contribution is 2.32. The molecule has 0 aliphatic carbocycles. The second kappa shape index (κ2) is 5.48. The molecule has 1 saturated heterocycles. The van der Waals surface area contributed by atoms with Crippen molar-refractivity contribution in [2.24, 2.45) is 14.1 Å². The molecule has 0 atom stereocenters. The number of amides is 2. The molecule has 1 aromatic carbocycles. The average molecular weight is 327 g/mol. The number of carbonyl (C=O) groups excluding carboxylic acids is 2. The molecule has 0 unspecified atom stereocenters. The third-order valence-electron chi connectivity index (χ3n) is 3.72. The Labute approximate surface area is 136 Å². The van der Waals surface area contributed by atoms with Crippen LogP contribution < -0.4 is 5.69 Å². The zero-order chi connectivity index (χ0) is 16.7. The van der Waals surface area contributed by atoms with Crippen molar-refractivity contribution in [3.63, 3.8) is 0 Å². The lowest BCUT2D eigenvalue weighted by Crippen LogP contribution is -2.28. The number of aromatic nitrogens is 2. The van der Waals surface area contributed by atoms with Gasteiger partial charge in [0.1, 0.15) is 0 Å². The molecule has 2 amide bonds. The fourth-order valence-electron chi connectivity index (χ4n) is 2.49. The largest absolute Gasteiger partial charge is 0.328 e. The van der Waals surface area contributed by atoms with Crippen molar-refractivity contribution < 1.29 is 9.59 Å².